The average molecular weight is 393 g/mol. The summed E-state index contributed by atoms with van der Waals surface area (Å²) >= 11 is 3.92. The molecule has 3 rings (SSSR count). The molecule has 2 aromatic heterocycles. The molecular weight excluding hydrogens is 366 g/mol. The fourth-order valence-corrected chi connectivity index (χ4v) is 11.0. The van der Waals surface area contributed by atoms with Gasteiger partial charge in [0.25, 0.3) is 0 Å². The topological polar surface area (TPSA) is 0 Å². The Morgan fingerprint density at radius 1 is 0.958 bits per heavy atom. The Morgan fingerprint density at radius 3 is 1.88 bits per heavy atom. The summed E-state index contributed by atoms with van der Waals surface area (Å²) in [5.41, 5.74) is 5.98. The maximum absolute atomic E-state index is 2.47. The van der Waals surface area contributed by atoms with Gasteiger partial charge in [-0.2, -0.15) is 0 Å². The second-order valence-corrected chi connectivity index (χ2v) is 13.6. The maximum Gasteiger partial charge on any atom is 0.0334 e. The fraction of sp³-hybridized carbons (Fsp3) is 0.450. The summed E-state index contributed by atoms with van der Waals surface area (Å²) in [6.45, 7) is 13.9. The first-order valence-corrected chi connectivity index (χ1v) is 12.6. The van der Waals surface area contributed by atoms with E-state index in [0.29, 0.717) is 5.16 Å². The van der Waals surface area contributed by atoms with Crippen LogP contribution in [-0.2, 0) is 0 Å². The van der Waals surface area contributed by atoms with E-state index in [0.717, 1.165) is 0 Å². The van der Waals surface area contributed by atoms with Crippen molar-refractivity contribution < 1.29 is 0 Å². The molecule has 0 bridgehead atoms. The third-order valence-corrected chi connectivity index (χ3v) is 12.5. The molecule has 24 heavy (non-hydrogen) atoms. The Morgan fingerprint density at radius 2 is 1.50 bits per heavy atom. The highest BCUT2D eigenvalue weighted by molar-refractivity contribution is 7.81. The molecule has 3 heterocycles. The lowest BCUT2D eigenvalue weighted by atomic mass is 9.94. The van der Waals surface area contributed by atoms with E-state index >= 15 is 0 Å². The van der Waals surface area contributed by atoms with Gasteiger partial charge in [-0.05, 0) is 107 Å². The molecule has 0 nitrogen and oxygen atoms in total. The van der Waals surface area contributed by atoms with Crippen LogP contribution in [0.4, 0.5) is 0 Å². The lowest BCUT2D eigenvalue weighted by Crippen LogP contribution is -2.21. The first-order valence-electron chi connectivity index (χ1n) is 8.43. The van der Waals surface area contributed by atoms with Crippen LogP contribution in [0.1, 0.15) is 45.2 Å². The highest BCUT2D eigenvalue weighted by Crippen LogP contribution is 2.48. The van der Waals surface area contributed by atoms with Crippen molar-refractivity contribution in [2.45, 2.75) is 53.1 Å². The van der Waals surface area contributed by atoms with Crippen molar-refractivity contribution in [3.8, 4) is 0 Å². The van der Waals surface area contributed by atoms with Gasteiger partial charge in [0.05, 0.1) is 0 Å². The van der Waals surface area contributed by atoms with E-state index in [4.69, 9.17) is 0 Å². The van der Waals surface area contributed by atoms with Crippen LogP contribution in [0.15, 0.2) is 34.0 Å². The van der Waals surface area contributed by atoms with Crippen molar-refractivity contribution in [2.24, 2.45) is 0 Å². The molecule has 0 radical (unpaired) electrons. The lowest BCUT2D eigenvalue weighted by molar-refractivity contribution is 0.716. The summed E-state index contributed by atoms with van der Waals surface area (Å²) in [5, 5.41) is 6.54. The van der Waals surface area contributed by atoms with E-state index in [9.17, 15) is 0 Å². The van der Waals surface area contributed by atoms with Crippen molar-refractivity contribution >= 4 is 53.3 Å². The molecule has 2 aromatic rings. The van der Waals surface area contributed by atoms with Crippen LogP contribution in [0, 0.1) is 13.8 Å². The quantitative estimate of drug-likeness (QED) is 0.510. The standard InChI is InChI=1S/C20H26P2S2/c1-13-9-18(23-11-13)22(19-10-14(2)12-24-19)8-7-20(6)16(4)15(3)17(5)21-20/h9-12H,7-8H2,1-6H3. The number of allylic oxidation sites excluding steroid dienone is 2. The van der Waals surface area contributed by atoms with Gasteiger partial charge in [-0.15, -0.1) is 22.7 Å². The monoisotopic (exact) mass is 392 g/mol. The first kappa shape index (κ1) is 18.5. The fourth-order valence-electron chi connectivity index (χ4n) is 3.23. The second-order valence-electron chi connectivity index (χ2n) is 7.05. The summed E-state index contributed by atoms with van der Waals surface area (Å²) in [6.07, 6.45) is 2.59. The number of rotatable bonds is 5. The van der Waals surface area contributed by atoms with Gasteiger partial charge in [0.1, 0.15) is 0 Å². The third-order valence-electron chi connectivity index (χ3n) is 5.12. The summed E-state index contributed by atoms with van der Waals surface area (Å²) in [4.78, 5) is 0. The molecule has 1 aliphatic heterocycles. The molecule has 0 saturated carbocycles. The number of thiophene rings is 2. The number of aryl methyl sites for hydroxylation is 2. The minimum atomic E-state index is -0.204. The van der Waals surface area contributed by atoms with Crippen molar-refractivity contribution in [1.82, 2.24) is 0 Å². The van der Waals surface area contributed by atoms with Gasteiger partial charge >= 0.3 is 0 Å². The molecule has 1 unspecified atom stereocenters. The summed E-state index contributed by atoms with van der Waals surface area (Å²) in [6, 6.07) is 4.84. The van der Waals surface area contributed by atoms with E-state index in [-0.39, 0.29) is 7.92 Å². The van der Waals surface area contributed by atoms with E-state index in [1.807, 2.05) is 22.7 Å². The Labute approximate surface area is 157 Å². The molecule has 0 amide bonds. The number of hydrogen-bond acceptors (Lipinski definition) is 2. The zero-order chi connectivity index (χ0) is 17.5. The largest absolute Gasteiger partial charge is 0.143 e. The van der Waals surface area contributed by atoms with Crippen LogP contribution in [0.3, 0.4) is 0 Å². The normalized spacial score (nSPS) is 21.7. The Balaban J connectivity index is 1.86. The molecule has 1 atom stereocenters. The van der Waals surface area contributed by atoms with Gasteiger partial charge < -0.3 is 0 Å². The second kappa shape index (κ2) is 7.16. The van der Waals surface area contributed by atoms with Gasteiger partial charge in [0, 0.05) is 14.4 Å². The van der Waals surface area contributed by atoms with E-state index < -0.39 is 0 Å². The molecule has 0 aliphatic carbocycles. The van der Waals surface area contributed by atoms with Gasteiger partial charge in [-0.25, -0.2) is 0 Å². The average Bonchev–Trinajstić information content (AvgIpc) is 3.19. The van der Waals surface area contributed by atoms with E-state index in [1.54, 1.807) is 25.7 Å². The molecule has 4 heteroatoms. The Kier molecular flexibility index (Phi) is 5.53. The highest BCUT2D eigenvalue weighted by atomic mass is 32.1. The summed E-state index contributed by atoms with van der Waals surface area (Å²) in [7, 11) is 1.33. The van der Waals surface area contributed by atoms with Gasteiger partial charge in [-0.1, -0.05) is 13.8 Å². The smallest absolute Gasteiger partial charge is 0.0334 e. The molecule has 0 spiro atoms. The summed E-state index contributed by atoms with van der Waals surface area (Å²) in [5.74, 6) is 0. The van der Waals surface area contributed by atoms with Crippen LogP contribution in [0.25, 0.3) is 0 Å². The zero-order valence-electron chi connectivity index (χ0n) is 15.4. The predicted molar refractivity (Wildman–Crippen MR) is 118 cm³/mol. The van der Waals surface area contributed by atoms with Crippen molar-refractivity contribution in [3.63, 3.8) is 0 Å². The van der Waals surface area contributed by atoms with Gasteiger partial charge in [-0.3, -0.25) is 0 Å². The molecule has 0 N–H and O–H groups in total. The van der Waals surface area contributed by atoms with E-state index in [1.165, 1.54) is 31.9 Å². The number of hydrogen-bond donors (Lipinski definition) is 0. The zero-order valence-corrected chi connectivity index (χ0v) is 18.9. The molecule has 0 fully saturated rings. The third kappa shape index (κ3) is 3.63. The van der Waals surface area contributed by atoms with Crippen LogP contribution in [0.5, 0.6) is 0 Å². The van der Waals surface area contributed by atoms with Crippen molar-refractivity contribution in [3.05, 3.63) is 45.2 Å². The first-order chi connectivity index (χ1) is 11.3. The van der Waals surface area contributed by atoms with Gasteiger partial charge in [0.2, 0.25) is 0 Å². The SMILES string of the molecule is CC1=PC(C)(CCP(c2cc(C)cs2)c2cc(C)cs2)C(C)=C1C. The minimum absolute atomic E-state index is 0.204. The highest BCUT2D eigenvalue weighted by Gasteiger charge is 2.32. The van der Waals surface area contributed by atoms with E-state index in [2.05, 4.69) is 64.4 Å². The molecule has 1 aliphatic rings. The minimum Gasteiger partial charge on any atom is -0.143 e. The Bertz CT molecular complexity index is 769. The maximum atomic E-state index is 2.47. The van der Waals surface area contributed by atoms with Crippen molar-refractivity contribution in [2.75, 3.05) is 6.16 Å². The predicted octanol–water partition coefficient (Wildman–Crippen LogP) is 6.50. The van der Waals surface area contributed by atoms with Crippen LogP contribution in [-0.4, -0.2) is 16.6 Å². The van der Waals surface area contributed by atoms with Crippen LogP contribution < -0.4 is 9.24 Å². The Hall–Kier alpha value is -0.260. The van der Waals surface area contributed by atoms with Crippen LogP contribution in [0.2, 0.25) is 0 Å². The molecule has 0 aromatic carbocycles. The molecule has 128 valence electrons. The molecule has 0 saturated heterocycles. The van der Waals surface area contributed by atoms with Gasteiger partial charge in [0.15, 0.2) is 0 Å². The lowest BCUT2D eigenvalue weighted by Gasteiger charge is -2.26. The van der Waals surface area contributed by atoms with Crippen molar-refractivity contribution in [1.29, 1.82) is 0 Å². The summed E-state index contributed by atoms with van der Waals surface area (Å²) < 4.78 is 3.20. The van der Waals surface area contributed by atoms with Crippen LogP contribution >= 0.6 is 38.8 Å². The molecular formula is C20H26P2S2.